The molecule has 5 saturated carbocycles. The topological polar surface area (TPSA) is 305 Å². The van der Waals surface area contributed by atoms with E-state index >= 15 is 0 Å². The van der Waals surface area contributed by atoms with Gasteiger partial charge in [-0.15, -0.1) is 0 Å². The zero-order valence-electron chi connectivity index (χ0n) is 83.8. The van der Waals surface area contributed by atoms with E-state index in [1.54, 1.807) is 105 Å². The molecule has 6 amide bonds. The Bertz CT molecular complexity index is 5670. The number of pyridine rings is 4. The molecule has 5 aliphatic rings. The van der Waals surface area contributed by atoms with Crippen molar-refractivity contribution in [3.8, 4) is 41.1 Å². The van der Waals surface area contributed by atoms with E-state index in [0.29, 0.717) is 157 Å². The molecule has 5 aliphatic carbocycles. The normalized spacial score (nSPS) is 21.3. The Morgan fingerprint density at radius 1 is 0.423 bits per heavy atom. The number of halogens is 6. The van der Waals surface area contributed by atoms with E-state index in [1.165, 1.54) is 50.9 Å². The molecule has 4 aromatic heterocycles. The van der Waals surface area contributed by atoms with E-state index in [9.17, 15) is 55.1 Å². The minimum absolute atomic E-state index is 0.233. The molecule has 7 aromatic rings. The Labute approximate surface area is 832 Å². The number of nitrogens with zero attached hydrogens (tertiary/aromatic N) is 5. The molecule has 5 fully saturated rings. The van der Waals surface area contributed by atoms with Gasteiger partial charge in [-0.25, -0.2) is 46.3 Å². The van der Waals surface area contributed by atoms with Gasteiger partial charge in [0.25, 0.3) is 5.91 Å². The Hall–Kier alpha value is -14.2. The van der Waals surface area contributed by atoms with Gasteiger partial charge in [-0.1, -0.05) is 150 Å². The van der Waals surface area contributed by atoms with Crippen molar-refractivity contribution in [3.05, 3.63) is 261 Å². The van der Waals surface area contributed by atoms with Gasteiger partial charge in [-0.3, -0.25) is 28.8 Å². The molecule has 3 aromatic carbocycles. The van der Waals surface area contributed by atoms with Gasteiger partial charge in [0.05, 0.1) is 96.3 Å². The van der Waals surface area contributed by atoms with Crippen LogP contribution in [0.4, 0.5) is 60.5 Å². The molecule has 0 atom stereocenters. The lowest BCUT2D eigenvalue weighted by Gasteiger charge is -2.36. The highest BCUT2D eigenvalue weighted by molar-refractivity contribution is 6.24. The van der Waals surface area contributed by atoms with E-state index in [1.807, 2.05) is 103 Å². The molecule has 758 valence electrons. The third-order valence-corrected chi connectivity index (χ3v) is 24.5. The zero-order valence-corrected chi connectivity index (χ0v) is 83.8. The number of aromatic nitrogens is 4. The number of rotatable bonds is 33. The summed E-state index contributed by atoms with van der Waals surface area (Å²) in [5, 5.41) is 24.7. The third kappa shape index (κ3) is 40.2. The van der Waals surface area contributed by atoms with E-state index in [0.717, 1.165) is 122 Å². The number of carbonyl (C=O) groups is 6. The van der Waals surface area contributed by atoms with Crippen molar-refractivity contribution < 1.29 is 83.5 Å². The first-order valence-electron chi connectivity index (χ1n) is 47.5. The van der Waals surface area contributed by atoms with Crippen LogP contribution in [0.5, 0.6) is 35.0 Å². The van der Waals surface area contributed by atoms with E-state index < -0.39 is 40.4 Å². The number of nitrogens with one attached hydrogen (secondary N) is 6. The highest BCUT2D eigenvalue weighted by Crippen LogP contribution is 2.44. The highest BCUT2D eigenvalue weighted by Gasteiger charge is 2.40. The number of allylic oxidation sites excluding steroid dienone is 7. The van der Waals surface area contributed by atoms with Crippen LogP contribution in [0, 0.1) is 52.8 Å². The van der Waals surface area contributed by atoms with Gasteiger partial charge in [0, 0.05) is 68.4 Å². The van der Waals surface area contributed by atoms with Crippen LogP contribution in [0.1, 0.15) is 209 Å². The maximum atomic E-state index is 14.0. The average molecular weight is 1960 g/mol. The van der Waals surface area contributed by atoms with Crippen LogP contribution in [-0.4, -0.2) is 127 Å². The summed E-state index contributed by atoms with van der Waals surface area (Å²) in [5.74, 6) is 0.647. The number of alkyl halides is 6. The Morgan fingerprint density at radius 3 is 1.05 bits per heavy atom. The first-order chi connectivity index (χ1) is 67.6. The van der Waals surface area contributed by atoms with Crippen molar-refractivity contribution in [1.29, 1.82) is 5.26 Å². The maximum Gasteiger partial charge on any atom is 0.255 e. The van der Waals surface area contributed by atoms with Gasteiger partial charge in [-0.05, 0) is 283 Å². The van der Waals surface area contributed by atoms with Crippen LogP contribution >= 0.6 is 0 Å². The summed E-state index contributed by atoms with van der Waals surface area (Å²) in [7, 11) is 9.40. The maximum absolute atomic E-state index is 14.0. The molecule has 0 saturated heterocycles. The van der Waals surface area contributed by atoms with Crippen LogP contribution < -0.4 is 60.3 Å². The number of hydrogen-bond acceptors (Lipinski definition) is 17. The van der Waals surface area contributed by atoms with Crippen LogP contribution in [0.25, 0.3) is 42.0 Å². The first-order valence-corrected chi connectivity index (χ1v) is 47.5. The molecule has 0 aliphatic heterocycles. The molecule has 0 radical (unpaired) electrons. The highest BCUT2D eigenvalue weighted by atomic mass is 19.3. The van der Waals surface area contributed by atoms with Crippen molar-refractivity contribution in [1.82, 2.24) is 19.9 Å². The summed E-state index contributed by atoms with van der Waals surface area (Å²) in [6, 6.07) is 29.0. The fourth-order valence-electron chi connectivity index (χ4n) is 16.2. The molecule has 0 unspecified atom stereocenters. The summed E-state index contributed by atoms with van der Waals surface area (Å²) in [6.45, 7) is 29.5. The summed E-state index contributed by atoms with van der Waals surface area (Å²) in [5.41, 5.74) is 5.40. The smallest absolute Gasteiger partial charge is 0.255 e. The number of amides is 6. The van der Waals surface area contributed by atoms with E-state index in [4.69, 9.17) is 33.7 Å². The monoisotopic (exact) mass is 1950 g/mol. The molecule has 29 heteroatoms. The van der Waals surface area contributed by atoms with Gasteiger partial charge >= 0.3 is 0 Å². The largest absolute Gasteiger partial charge is 0.496 e. The number of methoxy groups -OCH3 is 6. The number of carbonyl (C=O) groups excluding carboxylic acids is 6. The molecule has 23 nitrogen and oxygen atoms in total. The average Bonchev–Trinajstić information content (AvgIpc) is 0.833. The van der Waals surface area contributed by atoms with Gasteiger partial charge in [0.2, 0.25) is 59.0 Å². The fraction of sp³-hybridized carbons (Fsp3) is 0.389. The van der Waals surface area contributed by atoms with Crippen molar-refractivity contribution in [2.45, 2.75) is 199 Å². The molecule has 142 heavy (non-hydrogen) atoms. The van der Waals surface area contributed by atoms with Gasteiger partial charge in [-0.2, -0.15) is 5.26 Å². The van der Waals surface area contributed by atoms with Gasteiger partial charge in [0.1, 0.15) is 34.2 Å². The molecule has 6 N–H and O–H groups in total. The minimum Gasteiger partial charge on any atom is -0.496 e. The SMILES string of the molecule is C=C(C(=O)Nc1cnc(OC)c(/C=C/C2CCC(C)(F)CC2)c1)c1ccccc1.C=CC(=O)Nc1ccc(OC)c(/C=C/C2CCC(C(C)(F)F)CC2)c1.C=CC(=O)Nc1ccc(OC)c(/C=C/C2CCC(C)(F)CC2)c1.C=CC(=O)Nc1cnc(OC)c(/C=C/C2CC(C)(F)C2)c1.C=CC(=O)Nc1cnc(OC)c(/C=C/CC(C)C)c1.COc1ncc(NC(=O)/C=C/C#N)cc1/C=C/C1CCC(C)(F)CC1. The number of hydrogen-bond donors (Lipinski definition) is 6. The van der Waals surface area contributed by atoms with Crippen molar-refractivity contribution in [3.63, 3.8) is 0 Å². The second kappa shape index (κ2) is 56.9. The van der Waals surface area contributed by atoms with Crippen LogP contribution in [-0.2, 0) is 28.8 Å². The molecule has 0 bridgehead atoms. The lowest BCUT2D eigenvalue weighted by Crippen LogP contribution is -2.35. The lowest BCUT2D eigenvalue weighted by atomic mass is 9.73. The quantitative estimate of drug-likeness (QED) is 0.0126. The number of ether oxygens (including phenoxy) is 6. The molecule has 0 spiro atoms. The van der Waals surface area contributed by atoms with Crippen LogP contribution in [0.2, 0.25) is 0 Å². The Morgan fingerprint density at radius 2 is 0.732 bits per heavy atom. The van der Waals surface area contributed by atoms with Crippen molar-refractivity contribution in [2.24, 2.45) is 41.4 Å². The van der Waals surface area contributed by atoms with Crippen LogP contribution in [0.15, 0.2) is 222 Å². The summed E-state index contributed by atoms with van der Waals surface area (Å²) in [4.78, 5) is 86.3. The number of nitriles is 1. The fourth-order valence-corrected chi connectivity index (χ4v) is 16.2. The first kappa shape index (κ1) is 115. The van der Waals surface area contributed by atoms with Gasteiger partial charge < -0.3 is 60.3 Å². The lowest BCUT2D eigenvalue weighted by molar-refractivity contribution is -0.112. The summed E-state index contributed by atoms with van der Waals surface area (Å²) < 4.78 is 114. The molecular formula is C113H137F6N11O12. The third-order valence-electron chi connectivity index (χ3n) is 24.5. The standard InChI is InChI=1S/C24H27FN2O2.C20H25F2NO2.C19H22FN3O2.C19H24FNO2.C16H19FN2O2.C15H20N2O2/c1-17(19-7-5-4-6-8-19)22(28)27-21-15-20(23(29-3)26-16-21)10-9-18-11-13-24(2,25)14-12-18;1-4-19(24)23-17-11-12-18(25-3)15(13-17)8-5-14-6-9-16(10-7-14)20(2,21)22;1-19(20)9-7-14(8-10-19)5-6-15-12-16(13-22-18(15)25-2)23-17(24)4-3-11-21;1-4-18(22)21-16-7-8-17(23-3)15(13-16)6-5-14-9-11-19(2,20)12-10-14;1-4-14(20)19-13-7-12(15(21-3)18-10-13)6-5-11-8-16(2,17)9-11;1-5-14(18)17-13-9-12(8-6-7-11(2)3)15(19-4)16-10-13/h4-10,15-16,18H,1,11-14H2,2-3H3,(H,27,28);4-5,8,11-14,16H,1,6-7,9-10H2,2-3H3,(H,23,24);3-6,12-14H,7-10H2,1-2H3,(H,23,24);4-8,13-14H,1,9-12H2,2-3H3,(H,21,22);4-7,10-11H,1,8-9H2,2-3H3,(H,19,20);5-6,8-11H,1,7H2,2-4H3,(H,17,18)/b10-9+;8-5+;4-3+,6-5+;2*6-5+;8-6+. The van der Waals surface area contributed by atoms with E-state index in [2.05, 4.69) is 129 Å². The zero-order chi connectivity index (χ0) is 104. The Kier molecular flexibility index (Phi) is 46.0. The summed E-state index contributed by atoms with van der Waals surface area (Å²) in [6.07, 6.45) is 50.3. The van der Waals surface area contributed by atoms with E-state index in [-0.39, 0.29) is 41.4 Å². The predicted molar refractivity (Wildman–Crippen MR) is 558 cm³/mol. The summed E-state index contributed by atoms with van der Waals surface area (Å²) >= 11 is 0. The second-order valence-electron chi connectivity index (χ2n) is 37.0. The number of benzene rings is 3. The minimum atomic E-state index is -2.59. The van der Waals surface area contributed by atoms with Crippen LogP contribution in [0.3, 0.4) is 0 Å². The number of anilines is 6. The second-order valence-corrected chi connectivity index (χ2v) is 37.0. The van der Waals surface area contributed by atoms with Gasteiger partial charge in [0.15, 0.2) is 0 Å². The molecular weight excluding hydrogens is 1820 g/mol. The predicted octanol–water partition coefficient (Wildman–Crippen LogP) is 26.4. The Balaban J connectivity index is 0.000000232. The van der Waals surface area contributed by atoms with Crippen molar-refractivity contribution >= 4 is 112 Å². The molecule has 12 rings (SSSR count). The van der Waals surface area contributed by atoms with Crippen molar-refractivity contribution in [2.75, 3.05) is 74.6 Å². The molecule has 4 heterocycles.